The van der Waals surface area contributed by atoms with Crippen molar-refractivity contribution in [3.63, 3.8) is 0 Å². The molecule has 0 aliphatic heterocycles. The lowest BCUT2D eigenvalue weighted by Crippen LogP contribution is -2.24. The highest BCUT2D eigenvalue weighted by Gasteiger charge is 2.16. The first-order valence-corrected chi connectivity index (χ1v) is 10.2. The lowest BCUT2D eigenvalue weighted by molar-refractivity contribution is 0.102. The molecule has 7 nitrogen and oxygen atoms in total. The molecule has 3 rings (SSSR count). The van der Waals surface area contributed by atoms with Crippen LogP contribution < -0.4 is 10.0 Å². The summed E-state index contributed by atoms with van der Waals surface area (Å²) in [6, 6.07) is 17.9. The van der Waals surface area contributed by atoms with Crippen molar-refractivity contribution in [1.29, 1.82) is 0 Å². The van der Waals surface area contributed by atoms with Crippen molar-refractivity contribution < 1.29 is 13.2 Å². The maximum Gasteiger partial charge on any atom is 0.286 e. The van der Waals surface area contributed by atoms with Crippen molar-refractivity contribution in [2.75, 3.05) is 5.32 Å². The molecule has 0 bridgehead atoms. The van der Waals surface area contributed by atoms with Gasteiger partial charge in [0.05, 0.1) is 12.3 Å². The molecule has 134 valence electrons. The molecule has 0 unspecified atom stereocenters. The number of sulfonamides is 1. The number of benzene rings is 2. The lowest BCUT2D eigenvalue weighted by atomic mass is 10.2. The molecule has 0 fully saturated rings. The van der Waals surface area contributed by atoms with Crippen LogP contribution >= 0.6 is 11.3 Å². The molecule has 1 aromatic heterocycles. The van der Waals surface area contributed by atoms with E-state index < -0.39 is 10.0 Å². The highest BCUT2D eigenvalue weighted by molar-refractivity contribution is 7.88. The largest absolute Gasteiger partial charge is 0.320 e. The molecular formula is C17H16N4O3S2. The van der Waals surface area contributed by atoms with Gasteiger partial charge in [-0.1, -0.05) is 59.9 Å². The summed E-state index contributed by atoms with van der Waals surface area (Å²) in [6.07, 6.45) is 0. The van der Waals surface area contributed by atoms with Crippen LogP contribution in [-0.2, 0) is 22.3 Å². The molecule has 0 radical (unpaired) electrons. The average molecular weight is 388 g/mol. The Kier molecular flexibility index (Phi) is 5.71. The molecule has 3 aromatic rings. The molecule has 0 aliphatic carbocycles. The average Bonchev–Trinajstić information content (AvgIpc) is 3.11. The van der Waals surface area contributed by atoms with Crippen molar-refractivity contribution in [2.24, 2.45) is 0 Å². The number of carbonyl (C=O) groups is 1. The number of hydrogen-bond donors (Lipinski definition) is 2. The molecule has 1 heterocycles. The number of rotatable bonds is 7. The Morgan fingerprint density at radius 1 is 0.962 bits per heavy atom. The molecule has 0 saturated carbocycles. The summed E-state index contributed by atoms with van der Waals surface area (Å²) in [4.78, 5) is 12.1. The quantitative estimate of drug-likeness (QED) is 0.647. The van der Waals surface area contributed by atoms with E-state index in [-0.39, 0.29) is 23.2 Å². The maximum atomic E-state index is 12.1. The predicted octanol–water partition coefficient (Wildman–Crippen LogP) is 2.41. The minimum atomic E-state index is -3.50. The number of amides is 1. The zero-order valence-electron chi connectivity index (χ0n) is 13.6. The Morgan fingerprint density at radius 3 is 2.31 bits per heavy atom. The Labute approximate surface area is 155 Å². The van der Waals surface area contributed by atoms with Gasteiger partial charge < -0.3 is 5.32 Å². The van der Waals surface area contributed by atoms with Gasteiger partial charge in [-0.3, -0.25) is 4.79 Å². The van der Waals surface area contributed by atoms with Gasteiger partial charge in [-0.25, -0.2) is 13.1 Å². The summed E-state index contributed by atoms with van der Waals surface area (Å²) < 4.78 is 26.7. The maximum absolute atomic E-state index is 12.1. The van der Waals surface area contributed by atoms with Gasteiger partial charge in [0.15, 0.2) is 0 Å². The van der Waals surface area contributed by atoms with Crippen molar-refractivity contribution in [1.82, 2.24) is 14.9 Å². The highest BCUT2D eigenvalue weighted by Crippen LogP contribution is 2.14. The van der Waals surface area contributed by atoms with Gasteiger partial charge in [-0.15, -0.1) is 10.2 Å². The summed E-state index contributed by atoms with van der Waals surface area (Å²) in [5.74, 6) is -0.499. The summed E-state index contributed by atoms with van der Waals surface area (Å²) in [6.45, 7) is -0.00848. The minimum absolute atomic E-state index is 0.00848. The van der Waals surface area contributed by atoms with Gasteiger partial charge in [0.1, 0.15) is 5.01 Å². The van der Waals surface area contributed by atoms with E-state index >= 15 is 0 Å². The summed E-state index contributed by atoms with van der Waals surface area (Å²) in [5.41, 5.74) is 1.35. The van der Waals surface area contributed by atoms with Crippen LogP contribution in [-0.4, -0.2) is 24.5 Å². The molecule has 2 N–H and O–H groups in total. The number of nitrogens with zero attached hydrogens (tertiary/aromatic N) is 2. The zero-order chi connectivity index (χ0) is 18.4. The fourth-order valence-electron chi connectivity index (χ4n) is 2.14. The standard InChI is InChI=1S/C17H16N4O3S2/c22-16(19-14-9-5-2-6-10-14)17-21-20-15(25-17)11-18-26(23,24)12-13-7-3-1-4-8-13/h1-10,18H,11-12H2,(H,19,22). The van der Waals surface area contributed by atoms with Crippen molar-refractivity contribution >= 4 is 33.0 Å². The lowest BCUT2D eigenvalue weighted by Gasteiger charge is -2.04. The molecular weight excluding hydrogens is 372 g/mol. The first-order chi connectivity index (χ1) is 12.5. The Hall–Kier alpha value is -2.62. The van der Waals surface area contributed by atoms with Gasteiger partial charge >= 0.3 is 0 Å². The normalized spacial score (nSPS) is 11.2. The zero-order valence-corrected chi connectivity index (χ0v) is 15.3. The fraction of sp³-hybridized carbons (Fsp3) is 0.118. The Bertz CT molecular complexity index is 974. The van der Waals surface area contributed by atoms with E-state index in [0.29, 0.717) is 16.3 Å². The number of aromatic nitrogens is 2. The smallest absolute Gasteiger partial charge is 0.286 e. The molecule has 0 spiro atoms. The SMILES string of the molecule is O=C(Nc1ccccc1)c1nnc(CNS(=O)(=O)Cc2ccccc2)s1. The van der Waals surface area contributed by atoms with Gasteiger partial charge in [-0.05, 0) is 17.7 Å². The molecule has 0 aliphatic rings. The second-order valence-corrected chi connectivity index (χ2v) is 8.26. The van der Waals surface area contributed by atoms with E-state index in [9.17, 15) is 13.2 Å². The van der Waals surface area contributed by atoms with Gasteiger partial charge in [0.25, 0.3) is 5.91 Å². The van der Waals surface area contributed by atoms with Crippen LogP contribution in [0.4, 0.5) is 5.69 Å². The van der Waals surface area contributed by atoms with Crippen molar-refractivity contribution in [2.45, 2.75) is 12.3 Å². The molecule has 0 atom stereocenters. The summed E-state index contributed by atoms with van der Waals surface area (Å²) in [7, 11) is -3.50. The fourth-order valence-corrected chi connectivity index (χ4v) is 4.00. The Morgan fingerprint density at radius 2 is 1.62 bits per heavy atom. The van der Waals surface area contributed by atoms with Crippen LogP contribution in [0.5, 0.6) is 0 Å². The minimum Gasteiger partial charge on any atom is -0.320 e. The van der Waals surface area contributed by atoms with E-state index in [2.05, 4.69) is 20.2 Å². The third-order valence-corrected chi connectivity index (χ3v) is 5.56. The van der Waals surface area contributed by atoms with E-state index in [1.807, 2.05) is 24.3 Å². The van der Waals surface area contributed by atoms with E-state index in [1.165, 1.54) is 0 Å². The molecule has 2 aromatic carbocycles. The van der Waals surface area contributed by atoms with E-state index in [1.54, 1.807) is 36.4 Å². The predicted molar refractivity (Wildman–Crippen MR) is 100 cm³/mol. The number of anilines is 1. The van der Waals surface area contributed by atoms with Crippen molar-refractivity contribution in [3.05, 3.63) is 76.2 Å². The highest BCUT2D eigenvalue weighted by atomic mass is 32.2. The van der Waals surface area contributed by atoms with Crippen LogP contribution in [0.1, 0.15) is 20.4 Å². The number of para-hydroxylation sites is 1. The Balaban J connectivity index is 1.57. The second kappa shape index (κ2) is 8.17. The summed E-state index contributed by atoms with van der Waals surface area (Å²) in [5, 5.41) is 11.0. The van der Waals surface area contributed by atoms with Crippen LogP contribution in [0.25, 0.3) is 0 Å². The first kappa shape index (κ1) is 18.2. The number of carbonyl (C=O) groups excluding carboxylic acids is 1. The third-order valence-electron chi connectivity index (χ3n) is 3.34. The molecule has 9 heteroatoms. The first-order valence-electron chi connectivity index (χ1n) is 7.72. The topological polar surface area (TPSA) is 101 Å². The van der Waals surface area contributed by atoms with Gasteiger partial charge in [0.2, 0.25) is 15.0 Å². The van der Waals surface area contributed by atoms with E-state index in [4.69, 9.17) is 0 Å². The van der Waals surface area contributed by atoms with E-state index in [0.717, 1.165) is 11.3 Å². The monoisotopic (exact) mass is 388 g/mol. The van der Waals surface area contributed by atoms with Crippen molar-refractivity contribution in [3.8, 4) is 0 Å². The van der Waals surface area contributed by atoms with Crippen LogP contribution in [0.3, 0.4) is 0 Å². The van der Waals surface area contributed by atoms with Crippen LogP contribution in [0, 0.1) is 0 Å². The van der Waals surface area contributed by atoms with Gasteiger partial charge in [-0.2, -0.15) is 0 Å². The number of hydrogen-bond acceptors (Lipinski definition) is 6. The van der Waals surface area contributed by atoms with Crippen LogP contribution in [0.2, 0.25) is 0 Å². The van der Waals surface area contributed by atoms with Gasteiger partial charge in [0, 0.05) is 5.69 Å². The third kappa shape index (κ3) is 5.19. The molecule has 1 amide bonds. The molecule has 0 saturated heterocycles. The second-order valence-electron chi connectivity index (χ2n) is 5.39. The number of nitrogens with one attached hydrogen (secondary N) is 2. The van der Waals surface area contributed by atoms with Crippen LogP contribution in [0.15, 0.2) is 60.7 Å². The molecule has 26 heavy (non-hydrogen) atoms. The summed E-state index contributed by atoms with van der Waals surface area (Å²) >= 11 is 1.05.